The van der Waals surface area contributed by atoms with Crippen LogP contribution in [0.2, 0.25) is 0 Å². The van der Waals surface area contributed by atoms with Gasteiger partial charge in [-0.15, -0.1) is 0 Å². The number of benzene rings is 1. The first-order valence-electron chi connectivity index (χ1n) is 8.89. The Hall–Kier alpha value is -2.01. The molecule has 1 aromatic rings. The van der Waals surface area contributed by atoms with Crippen LogP contribution in [0.25, 0.3) is 0 Å². The van der Waals surface area contributed by atoms with Crippen molar-refractivity contribution in [2.75, 3.05) is 33.4 Å². The van der Waals surface area contributed by atoms with Gasteiger partial charge in [0, 0.05) is 6.54 Å². The SMILES string of the molecule is C/C=C/COc1cc(C)c(OCCCNCC(CC)=NOC)c(C)c1. The lowest BCUT2D eigenvalue weighted by Crippen LogP contribution is -2.25. The third-order valence-corrected chi connectivity index (χ3v) is 3.72. The van der Waals surface area contributed by atoms with Gasteiger partial charge in [0.2, 0.25) is 0 Å². The van der Waals surface area contributed by atoms with E-state index in [1.165, 1.54) is 0 Å². The quantitative estimate of drug-likeness (QED) is 0.268. The molecule has 0 aromatic heterocycles. The van der Waals surface area contributed by atoms with E-state index in [0.29, 0.717) is 13.2 Å². The maximum Gasteiger partial charge on any atom is 0.125 e. The summed E-state index contributed by atoms with van der Waals surface area (Å²) in [5.74, 6) is 1.83. The molecule has 5 heteroatoms. The first-order chi connectivity index (χ1) is 12.1. The number of nitrogens with one attached hydrogen (secondary N) is 1. The lowest BCUT2D eigenvalue weighted by Gasteiger charge is -2.14. The third-order valence-electron chi connectivity index (χ3n) is 3.72. The molecular weight excluding hydrogens is 316 g/mol. The molecule has 0 bridgehead atoms. The summed E-state index contributed by atoms with van der Waals surface area (Å²) >= 11 is 0. The van der Waals surface area contributed by atoms with Gasteiger partial charge in [0.15, 0.2) is 0 Å². The van der Waals surface area contributed by atoms with Crippen LogP contribution in [0.5, 0.6) is 11.5 Å². The van der Waals surface area contributed by atoms with Gasteiger partial charge in [-0.05, 0) is 63.4 Å². The molecule has 0 radical (unpaired) electrons. The average molecular weight is 348 g/mol. The van der Waals surface area contributed by atoms with Crippen molar-refractivity contribution < 1.29 is 14.3 Å². The fourth-order valence-electron chi connectivity index (χ4n) is 2.42. The normalized spacial score (nSPS) is 11.8. The monoisotopic (exact) mass is 348 g/mol. The highest BCUT2D eigenvalue weighted by Crippen LogP contribution is 2.28. The number of rotatable bonds is 12. The zero-order chi connectivity index (χ0) is 18.5. The highest BCUT2D eigenvalue weighted by molar-refractivity contribution is 5.85. The van der Waals surface area contributed by atoms with Crippen LogP contribution in [0.4, 0.5) is 0 Å². The summed E-state index contributed by atoms with van der Waals surface area (Å²) in [6, 6.07) is 4.05. The second kappa shape index (κ2) is 12.4. The highest BCUT2D eigenvalue weighted by atomic mass is 16.6. The number of allylic oxidation sites excluding steroid dienone is 1. The molecule has 0 saturated carbocycles. The zero-order valence-electron chi connectivity index (χ0n) is 16.2. The lowest BCUT2D eigenvalue weighted by molar-refractivity contribution is 0.212. The number of aryl methyl sites for hydroxylation is 2. The molecule has 0 unspecified atom stereocenters. The average Bonchev–Trinajstić information content (AvgIpc) is 2.59. The first-order valence-corrected chi connectivity index (χ1v) is 8.89. The Kier molecular flexibility index (Phi) is 10.4. The minimum atomic E-state index is 0.591. The summed E-state index contributed by atoms with van der Waals surface area (Å²) in [6.45, 7) is 11.1. The van der Waals surface area contributed by atoms with E-state index in [9.17, 15) is 0 Å². The molecule has 0 heterocycles. The summed E-state index contributed by atoms with van der Waals surface area (Å²) < 4.78 is 11.7. The Morgan fingerprint density at radius 1 is 1.20 bits per heavy atom. The van der Waals surface area contributed by atoms with Gasteiger partial charge in [-0.3, -0.25) is 0 Å². The Morgan fingerprint density at radius 3 is 2.52 bits per heavy atom. The van der Waals surface area contributed by atoms with Gasteiger partial charge in [-0.2, -0.15) is 0 Å². The Morgan fingerprint density at radius 2 is 1.92 bits per heavy atom. The van der Waals surface area contributed by atoms with Crippen molar-refractivity contribution in [2.45, 2.75) is 40.5 Å². The van der Waals surface area contributed by atoms with E-state index >= 15 is 0 Å². The molecule has 1 N–H and O–H groups in total. The standard InChI is InChI=1S/C20H32N2O3/c1-6-8-11-24-19-13-16(3)20(17(4)14-19)25-12-9-10-21-15-18(7-2)22-23-5/h6,8,13-14,21H,7,9-12,15H2,1-5H3/b8-6+,22-18?. The molecule has 0 aliphatic heterocycles. The molecule has 1 aromatic carbocycles. The number of ether oxygens (including phenoxy) is 2. The summed E-state index contributed by atoms with van der Waals surface area (Å²) in [7, 11) is 1.57. The summed E-state index contributed by atoms with van der Waals surface area (Å²) in [6.07, 6.45) is 5.79. The van der Waals surface area contributed by atoms with E-state index in [1.807, 2.05) is 31.2 Å². The summed E-state index contributed by atoms with van der Waals surface area (Å²) in [5.41, 5.74) is 3.22. The summed E-state index contributed by atoms with van der Waals surface area (Å²) in [5, 5.41) is 7.33. The second-order valence-electron chi connectivity index (χ2n) is 5.84. The molecular formula is C20H32N2O3. The van der Waals surface area contributed by atoms with E-state index in [0.717, 1.165) is 54.3 Å². The molecule has 0 saturated heterocycles. The van der Waals surface area contributed by atoms with Crippen LogP contribution in [0.15, 0.2) is 29.4 Å². The number of hydrogen-bond donors (Lipinski definition) is 1. The van der Waals surface area contributed by atoms with E-state index in [2.05, 4.69) is 31.2 Å². The number of nitrogens with zero attached hydrogens (tertiary/aromatic N) is 1. The minimum absolute atomic E-state index is 0.591. The van der Waals surface area contributed by atoms with Crippen molar-refractivity contribution in [3.63, 3.8) is 0 Å². The predicted octanol–water partition coefficient (Wildman–Crippen LogP) is 4.03. The van der Waals surface area contributed by atoms with Gasteiger partial charge >= 0.3 is 0 Å². The molecule has 140 valence electrons. The lowest BCUT2D eigenvalue weighted by atomic mass is 10.1. The molecule has 0 atom stereocenters. The van der Waals surface area contributed by atoms with E-state index < -0.39 is 0 Å². The molecule has 0 amide bonds. The van der Waals surface area contributed by atoms with E-state index in [-0.39, 0.29) is 0 Å². The fraction of sp³-hybridized carbons (Fsp3) is 0.550. The van der Waals surface area contributed by atoms with Gasteiger partial charge < -0.3 is 19.6 Å². The van der Waals surface area contributed by atoms with Crippen molar-refractivity contribution in [2.24, 2.45) is 5.16 Å². The molecule has 5 nitrogen and oxygen atoms in total. The molecule has 0 spiro atoms. The van der Waals surface area contributed by atoms with E-state index in [1.54, 1.807) is 7.11 Å². The smallest absolute Gasteiger partial charge is 0.125 e. The van der Waals surface area contributed by atoms with Gasteiger partial charge in [-0.1, -0.05) is 24.2 Å². The first kappa shape index (κ1) is 21.0. The third kappa shape index (κ3) is 8.07. The maximum atomic E-state index is 5.96. The number of hydrogen-bond acceptors (Lipinski definition) is 5. The second-order valence-corrected chi connectivity index (χ2v) is 5.84. The molecule has 0 fully saturated rings. The van der Waals surface area contributed by atoms with Crippen molar-refractivity contribution in [3.05, 3.63) is 35.4 Å². The molecule has 0 aliphatic rings. The van der Waals surface area contributed by atoms with Gasteiger partial charge in [-0.25, -0.2) is 0 Å². The maximum absolute atomic E-state index is 5.96. The predicted molar refractivity (Wildman–Crippen MR) is 104 cm³/mol. The van der Waals surface area contributed by atoms with Crippen LogP contribution in [-0.2, 0) is 4.84 Å². The van der Waals surface area contributed by atoms with Crippen LogP contribution in [0, 0.1) is 13.8 Å². The Labute approximate surface area is 152 Å². The van der Waals surface area contributed by atoms with Gasteiger partial charge in [0.1, 0.15) is 25.2 Å². The molecule has 1 rings (SSSR count). The van der Waals surface area contributed by atoms with Crippen LogP contribution in [0.1, 0.15) is 37.8 Å². The van der Waals surface area contributed by atoms with Crippen molar-refractivity contribution in [3.8, 4) is 11.5 Å². The highest BCUT2D eigenvalue weighted by Gasteiger charge is 2.07. The Bertz CT molecular complexity index is 545. The Balaban J connectivity index is 2.38. The van der Waals surface area contributed by atoms with Crippen molar-refractivity contribution in [1.82, 2.24) is 5.32 Å². The summed E-state index contributed by atoms with van der Waals surface area (Å²) in [4.78, 5) is 4.81. The number of oxime groups is 1. The van der Waals surface area contributed by atoms with Gasteiger partial charge in [0.25, 0.3) is 0 Å². The van der Waals surface area contributed by atoms with Crippen LogP contribution < -0.4 is 14.8 Å². The van der Waals surface area contributed by atoms with Crippen molar-refractivity contribution >= 4 is 5.71 Å². The molecule has 0 aliphatic carbocycles. The van der Waals surface area contributed by atoms with Crippen molar-refractivity contribution in [1.29, 1.82) is 0 Å². The van der Waals surface area contributed by atoms with Gasteiger partial charge in [0.05, 0.1) is 12.3 Å². The topological polar surface area (TPSA) is 52.1 Å². The minimum Gasteiger partial charge on any atom is -0.493 e. The van der Waals surface area contributed by atoms with E-state index in [4.69, 9.17) is 14.3 Å². The molecule has 25 heavy (non-hydrogen) atoms. The zero-order valence-corrected chi connectivity index (χ0v) is 16.2. The largest absolute Gasteiger partial charge is 0.493 e. The van der Waals surface area contributed by atoms with Crippen LogP contribution >= 0.6 is 0 Å². The fourth-order valence-corrected chi connectivity index (χ4v) is 2.42. The van der Waals surface area contributed by atoms with Crippen LogP contribution in [-0.4, -0.2) is 39.1 Å². The van der Waals surface area contributed by atoms with Crippen LogP contribution in [0.3, 0.4) is 0 Å².